The normalized spacial score (nSPS) is 33.5. The Labute approximate surface area is 236 Å². The number of benzene rings is 2. The number of aromatic hydroxyl groups is 3. The molecule has 0 amide bonds. The van der Waals surface area contributed by atoms with E-state index in [2.05, 4.69) is 0 Å². The zero-order valence-electron chi connectivity index (χ0n) is 21.9. The van der Waals surface area contributed by atoms with Gasteiger partial charge in [0.05, 0.1) is 12.7 Å². The fourth-order valence-corrected chi connectivity index (χ4v) is 4.87. The fourth-order valence-electron chi connectivity index (χ4n) is 4.87. The molecule has 10 atom stereocenters. The molecule has 228 valence electrons. The van der Waals surface area contributed by atoms with Crippen LogP contribution < -0.4 is 10.2 Å². The summed E-state index contributed by atoms with van der Waals surface area (Å²) >= 11 is 0. The third-order valence-electron chi connectivity index (χ3n) is 7.21. The first kappa shape index (κ1) is 30.0. The van der Waals surface area contributed by atoms with Gasteiger partial charge in [-0.3, -0.25) is 4.79 Å². The molecule has 15 heteroatoms. The van der Waals surface area contributed by atoms with E-state index in [0.29, 0.717) is 0 Å². The number of ether oxygens (including phenoxy) is 4. The number of aliphatic hydroxyl groups excluding tert-OH is 6. The van der Waals surface area contributed by atoms with Crippen LogP contribution in [0.5, 0.6) is 23.0 Å². The Morgan fingerprint density at radius 2 is 1.50 bits per heavy atom. The van der Waals surface area contributed by atoms with Crippen molar-refractivity contribution in [1.82, 2.24) is 0 Å². The molecular weight excluding hydrogens is 564 g/mol. The highest BCUT2D eigenvalue weighted by Gasteiger charge is 2.51. The first-order valence-electron chi connectivity index (χ1n) is 12.9. The zero-order valence-corrected chi connectivity index (χ0v) is 21.9. The number of hydrogen-bond acceptors (Lipinski definition) is 15. The van der Waals surface area contributed by atoms with Gasteiger partial charge in [0.25, 0.3) is 0 Å². The average Bonchev–Trinajstić information content (AvgIpc) is 2.95. The van der Waals surface area contributed by atoms with Gasteiger partial charge < -0.3 is 69.3 Å². The van der Waals surface area contributed by atoms with Crippen LogP contribution in [0.2, 0.25) is 0 Å². The van der Waals surface area contributed by atoms with Gasteiger partial charge in [-0.2, -0.15) is 0 Å². The molecular formula is C27H30O15. The Morgan fingerprint density at radius 3 is 2.17 bits per heavy atom. The average molecular weight is 595 g/mol. The monoisotopic (exact) mass is 594 g/mol. The van der Waals surface area contributed by atoms with Gasteiger partial charge >= 0.3 is 0 Å². The van der Waals surface area contributed by atoms with Gasteiger partial charge in [0.2, 0.25) is 17.5 Å². The molecule has 5 rings (SSSR count). The minimum absolute atomic E-state index is 0.112. The van der Waals surface area contributed by atoms with Crippen LogP contribution in [-0.2, 0) is 14.2 Å². The van der Waals surface area contributed by atoms with E-state index in [0.717, 1.165) is 12.1 Å². The van der Waals surface area contributed by atoms with E-state index in [1.807, 2.05) is 0 Å². The van der Waals surface area contributed by atoms with Crippen molar-refractivity contribution < 1.29 is 69.3 Å². The molecule has 2 aliphatic rings. The van der Waals surface area contributed by atoms with Crippen LogP contribution in [0.15, 0.2) is 45.6 Å². The number of hydrogen-bond donors (Lipinski definition) is 9. The Balaban J connectivity index is 1.60. The van der Waals surface area contributed by atoms with Crippen LogP contribution >= 0.6 is 0 Å². The van der Waals surface area contributed by atoms with Crippen molar-refractivity contribution in [2.24, 2.45) is 0 Å². The van der Waals surface area contributed by atoms with E-state index in [4.69, 9.17) is 23.4 Å². The van der Waals surface area contributed by atoms with Crippen LogP contribution in [0.4, 0.5) is 0 Å². The summed E-state index contributed by atoms with van der Waals surface area (Å²) in [6.07, 6.45) is -16.3. The van der Waals surface area contributed by atoms with E-state index >= 15 is 0 Å². The number of rotatable bonds is 6. The van der Waals surface area contributed by atoms with Crippen LogP contribution in [-0.4, -0.2) is 114 Å². The molecule has 1 aromatic heterocycles. The molecule has 2 saturated heterocycles. The summed E-state index contributed by atoms with van der Waals surface area (Å²) < 4.78 is 28.5. The maximum Gasteiger partial charge on any atom is 0.239 e. The van der Waals surface area contributed by atoms with Crippen LogP contribution in [0.25, 0.3) is 22.3 Å². The second-order valence-electron chi connectivity index (χ2n) is 10.1. The SMILES string of the molecule is C[C@@H]1O[C@H](O[C@@H]2[C@@H](Oc3c(-c4ccc(O)cc4)oc4cc(O)cc(O)c4c3=O)O[C@H](CO)[C@@H](O)[C@@H]2O)[C@@H](O)[C@@H](O)[C@@H]1O. The van der Waals surface area contributed by atoms with Crippen molar-refractivity contribution in [2.75, 3.05) is 6.61 Å². The molecule has 0 bridgehead atoms. The number of phenolic OH excluding ortho intramolecular Hbond substituents is 3. The predicted molar refractivity (Wildman–Crippen MR) is 139 cm³/mol. The molecule has 0 aliphatic carbocycles. The van der Waals surface area contributed by atoms with Crippen molar-refractivity contribution >= 4 is 11.0 Å². The van der Waals surface area contributed by atoms with Crippen LogP contribution in [0, 0.1) is 0 Å². The van der Waals surface area contributed by atoms with Crippen molar-refractivity contribution in [3.05, 3.63) is 46.6 Å². The van der Waals surface area contributed by atoms with Crippen molar-refractivity contribution in [1.29, 1.82) is 0 Å². The summed E-state index contributed by atoms with van der Waals surface area (Å²) in [6, 6.07) is 7.31. The fraction of sp³-hybridized carbons (Fsp3) is 0.444. The third-order valence-corrected chi connectivity index (χ3v) is 7.21. The minimum atomic E-state index is -1.87. The lowest BCUT2D eigenvalue weighted by Crippen LogP contribution is -2.64. The molecule has 15 nitrogen and oxygen atoms in total. The van der Waals surface area contributed by atoms with Gasteiger partial charge in [0.15, 0.2) is 18.2 Å². The molecule has 3 aromatic rings. The summed E-state index contributed by atoms with van der Waals surface area (Å²) in [5, 5.41) is 91.6. The Morgan fingerprint density at radius 1 is 0.810 bits per heavy atom. The van der Waals surface area contributed by atoms with E-state index in [-0.39, 0.29) is 22.7 Å². The van der Waals surface area contributed by atoms with Gasteiger partial charge in [0, 0.05) is 17.7 Å². The van der Waals surface area contributed by atoms with E-state index in [1.54, 1.807) is 0 Å². The standard InChI is InChI=1S/C27H30O15/c1-9-17(32)20(35)22(37)26(38-9)42-25-21(36)18(33)15(8-28)40-27(25)41-24-19(34)16-13(31)6-12(30)7-14(16)39-23(24)10-2-4-11(29)5-3-10/h2-7,9,15,17-18,20-22,25-33,35-37H,8H2,1H3/t9-,15+,17+,18+,20-,21-,22-,25-,26+,27+/m0/s1. The van der Waals surface area contributed by atoms with E-state index < -0.39 is 96.1 Å². The summed E-state index contributed by atoms with van der Waals surface area (Å²) in [5.41, 5.74) is -0.995. The van der Waals surface area contributed by atoms with Gasteiger partial charge in [-0.25, -0.2) is 0 Å². The van der Waals surface area contributed by atoms with Crippen molar-refractivity contribution in [2.45, 2.75) is 68.3 Å². The number of fused-ring (bicyclic) bond motifs is 1. The van der Waals surface area contributed by atoms with E-state index in [9.17, 15) is 50.8 Å². The molecule has 0 radical (unpaired) electrons. The zero-order chi connectivity index (χ0) is 30.5. The molecule has 2 aliphatic heterocycles. The third kappa shape index (κ3) is 5.37. The van der Waals surface area contributed by atoms with Crippen molar-refractivity contribution in [3.63, 3.8) is 0 Å². The largest absolute Gasteiger partial charge is 0.508 e. The molecule has 0 saturated carbocycles. The summed E-state index contributed by atoms with van der Waals surface area (Å²) in [4.78, 5) is 13.7. The topological polar surface area (TPSA) is 249 Å². The Hall–Kier alpha value is -3.51. The smallest absolute Gasteiger partial charge is 0.239 e. The summed E-state index contributed by atoms with van der Waals surface area (Å²) in [7, 11) is 0. The molecule has 3 heterocycles. The van der Waals surface area contributed by atoms with Crippen molar-refractivity contribution in [3.8, 4) is 34.3 Å². The van der Waals surface area contributed by atoms with Crippen LogP contribution in [0.3, 0.4) is 0 Å². The first-order valence-corrected chi connectivity index (χ1v) is 12.9. The van der Waals surface area contributed by atoms with Gasteiger partial charge in [-0.05, 0) is 31.2 Å². The Kier molecular flexibility index (Phi) is 8.30. The van der Waals surface area contributed by atoms with Gasteiger partial charge in [0.1, 0.15) is 64.8 Å². The highest BCUT2D eigenvalue weighted by Crippen LogP contribution is 2.38. The van der Waals surface area contributed by atoms with Crippen LogP contribution in [0.1, 0.15) is 6.92 Å². The predicted octanol–water partition coefficient (Wildman–Crippen LogP) is -1.39. The lowest BCUT2D eigenvalue weighted by molar-refractivity contribution is -0.354. The highest BCUT2D eigenvalue weighted by atomic mass is 16.8. The number of aliphatic hydroxyl groups is 6. The van der Waals surface area contributed by atoms with E-state index in [1.165, 1.54) is 31.2 Å². The second kappa shape index (κ2) is 11.6. The molecule has 2 aromatic carbocycles. The number of phenols is 3. The molecule has 9 N–H and O–H groups in total. The minimum Gasteiger partial charge on any atom is -0.508 e. The quantitative estimate of drug-likeness (QED) is 0.159. The Bertz CT molecular complexity index is 1470. The second-order valence-corrected chi connectivity index (χ2v) is 10.1. The maximum atomic E-state index is 13.7. The lowest BCUT2D eigenvalue weighted by Gasteiger charge is -2.45. The van der Waals surface area contributed by atoms with Gasteiger partial charge in [-0.1, -0.05) is 0 Å². The highest BCUT2D eigenvalue weighted by molar-refractivity contribution is 5.88. The summed E-state index contributed by atoms with van der Waals surface area (Å²) in [5.74, 6) is -2.03. The van der Waals surface area contributed by atoms with Gasteiger partial charge in [-0.15, -0.1) is 0 Å². The first-order chi connectivity index (χ1) is 19.9. The maximum absolute atomic E-state index is 13.7. The molecule has 42 heavy (non-hydrogen) atoms. The lowest BCUT2D eigenvalue weighted by atomic mass is 9.97. The molecule has 0 spiro atoms. The summed E-state index contributed by atoms with van der Waals surface area (Å²) in [6.45, 7) is 0.593. The molecule has 2 fully saturated rings. The molecule has 0 unspecified atom stereocenters.